The Hall–Kier alpha value is -1.14. The van der Waals surface area contributed by atoms with Gasteiger partial charge in [-0.25, -0.2) is 0 Å². The van der Waals surface area contributed by atoms with E-state index in [0.717, 1.165) is 36.5 Å². The number of hydrogen-bond acceptors (Lipinski definition) is 4. The number of nitrogens with one attached hydrogen (secondary N) is 1. The first-order valence-corrected chi connectivity index (χ1v) is 8.92. The van der Waals surface area contributed by atoms with E-state index in [2.05, 4.69) is 37.9 Å². The third-order valence-electron chi connectivity index (χ3n) is 3.89. The highest BCUT2D eigenvalue weighted by Gasteiger charge is 2.18. The van der Waals surface area contributed by atoms with Gasteiger partial charge < -0.3 is 5.32 Å². The first-order valence-electron chi connectivity index (χ1n) is 8.04. The summed E-state index contributed by atoms with van der Waals surface area (Å²) in [7, 11) is 0. The van der Waals surface area contributed by atoms with Crippen molar-refractivity contribution in [2.45, 2.75) is 53.6 Å². The topological polar surface area (TPSA) is 54.3 Å². The highest BCUT2D eigenvalue weighted by molar-refractivity contribution is 7.07. The fourth-order valence-electron chi connectivity index (χ4n) is 2.67. The van der Waals surface area contributed by atoms with E-state index in [1.54, 1.807) is 5.38 Å². The number of rotatable bonds is 9. The predicted octanol–water partition coefficient (Wildman–Crippen LogP) is 2.09. The zero-order valence-corrected chi connectivity index (χ0v) is 15.2. The Morgan fingerprint density at radius 1 is 1.36 bits per heavy atom. The molecule has 1 aromatic rings. The Labute approximate surface area is 137 Å². The summed E-state index contributed by atoms with van der Waals surface area (Å²) in [4.78, 5) is 26.1. The minimum atomic E-state index is -0.0930. The summed E-state index contributed by atoms with van der Waals surface area (Å²) in [6.07, 6.45) is 1.05. The molecule has 0 saturated carbocycles. The number of carbonyl (C=O) groups is 1. The smallest absolute Gasteiger partial charge is 0.307 e. The second-order valence-electron chi connectivity index (χ2n) is 6.04. The van der Waals surface area contributed by atoms with Crippen molar-refractivity contribution < 1.29 is 4.79 Å². The van der Waals surface area contributed by atoms with Gasteiger partial charge in [0.05, 0.1) is 0 Å². The Bertz CT molecular complexity index is 518. The van der Waals surface area contributed by atoms with Crippen LogP contribution in [0.25, 0.3) is 0 Å². The van der Waals surface area contributed by atoms with Crippen molar-refractivity contribution in [2.24, 2.45) is 5.92 Å². The standard InChI is InChI=1S/C16H29N3O2S/c1-6-18(7-2)14(8-12(3)4)9-17-15(20)10-19-13(5)11-22-16(19)21/h11-12,14H,6-10H2,1-5H3,(H,17,20). The molecule has 1 heterocycles. The first-order chi connectivity index (χ1) is 10.4. The molecule has 0 aliphatic heterocycles. The second-order valence-corrected chi connectivity index (χ2v) is 6.86. The Balaban J connectivity index is 2.60. The SMILES string of the molecule is CCN(CC)C(CNC(=O)Cn1c(C)csc1=O)CC(C)C. The molecule has 0 radical (unpaired) electrons. The number of likely N-dealkylation sites (N-methyl/N-ethyl adjacent to an activating group) is 1. The molecule has 1 atom stereocenters. The second kappa shape index (κ2) is 9.10. The summed E-state index contributed by atoms with van der Waals surface area (Å²) in [5, 5.41) is 4.78. The van der Waals surface area contributed by atoms with Crippen molar-refractivity contribution >= 4 is 17.2 Å². The van der Waals surface area contributed by atoms with Crippen molar-refractivity contribution in [2.75, 3.05) is 19.6 Å². The summed E-state index contributed by atoms with van der Waals surface area (Å²) in [6, 6.07) is 0.347. The molecule has 5 nitrogen and oxygen atoms in total. The molecule has 1 unspecified atom stereocenters. The van der Waals surface area contributed by atoms with Crippen LogP contribution in [-0.2, 0) is 11.3 Å². The molecule has 22 heavy (non-hydrogen) atoms. The number of aryl methyl sites for hydroxylation is 1. The van der Waals surface area contributed by atoms with Crippen LogP contribution in [0, 0.1) is 12.8 Å². The minimum Gasteiger partial charge on any atom is -0.353 e. The third-order valence-corrected chi connectivity index (χ3v) is 4.77. The summed E-state index contributed by atoms with van der Waals surface area (Å²) in [5.41, 5.74) is 0.840. The predicted molar refractivity (Wildman–Crippen MR) is 92.5 cm³/mol. The largest absolute Gasteiger partial charge is 0.353 e. The number of hydrogen-bond donors (Lipinski definition) is 1. The van der Waals surface area contributed by atoms with Gasteiger partial charge in [0.25, 0.3) is 0 Å². The van der Waals surface area contributed by atoms with Crippen molar-refractivity contribution in [3.63, 3.8) is 0 Å². The van der Waals surface area contributed by atoms with E-state index in [4.69, 9.17) is 0 Å². The summed E-state index contributed by atoms with van der Waals surface area (Å²) in [5.74, 6) is 0.494. The van der Waals surface area contributed by atoms with E-state index in [0.29, 0.717) is 18.5 Å². The van der Waals surface area contributed by atoms with Crippen LogP contribution in [0.15, 0.2) is 10.2 Å². The number of carbonyl (C=O) groups excluding carboxylic acids is 1. The molecule has 0 aliphatic rings. The van der Waals surface area contributed by atoms with Crippen LogP contribution in [0.1, 0.15) is 39.8 Å². The van der Waals surface area contributed by atoms with Crippen LogP contribution in [0.5, 0.6) is 0 Å². The van der Waals surface area contributed by atoms with E-state index in [-0.39, 0.29) is 17.3 Å². The molecule has 0 aliphatic carbocycles. The van der Waals surface area contributed by atoms with Crippen molar-refractivity contribution in [1.82, 2.24) is 14.8 Å². The Morgan fingerprint density at radius 3 is 2.45 bits per heavy atom. The fourth-order valence-corrected chi connectivity index (χ4v) is 3.41. The molecule has 6 heteroatoms. The zero-order valence-electron chi connectivity index (χ0n) is 14.4. The van der Waals surface area contributed by atoms with Crippen LogP contribution in [0.2, 0.25) is 0 Å². The maximum Gasteiger partial charge on any atom is 0.307 e. The van der Waals surface area contributed by atoms with Gasteiger partial charge in [-0.05, 0) is 32.4 Å². The van der Waals surface area contributed by atoms with Gasteiger partial charge in [-0.1, -0.05) is 39.0 Å². The van der Waals surface area contributed by atoms with Crippen molar-refractivity contribution in [3.05, 3.63) is 20.7 Å². The van der Waals surface area contributed by atoms with Crippen LogP contribution < -0.4 is 10.2 Å². The van der Waals surface area contributed by atoms with Gasteiger partial charge in [0.15, 0.2) is 0 Å². The minimum absolute atomic E-state index is 0.0740. The summed E-state index contributed by atoms with van der Waals surface area (Å²) in [6.45, 7) is 13.2. The van der Waals surface area contributed by atoms with Gasteiger partial charge in [-0.3, -0.25) is 19.1 Å². The highest BCUT2D eigenvalue weighted by Crippen LogP contribution is 2.11. The molecular weight excluding hydrogens is 298 g/mol. The molecule has 1 rings (SSSR count). The molecule has 1 aromatic heterocycles. The van der Waals surface area contributed by atoms with Gasteiger partial charge >= 0.3 is 4.87 Å². The fraction of sp³-hybridized carbons (Fsp3) is 0.750. The van der Waals surface area contributed by atoms with E-state index in [1.165, 1.54) is 4.57 Å². The quantitative estimate of drug-likeness (QED) is 0.755. The lowest BCUT2D eigenvalue weighted by Crippen LogP contribution is -2.45. The number of thiazole rings is 1. The monoisotopic (exact) mass is 327 g/mol. The number of aromatic nitrogens is 1. The average molecular weight is 327 g/mol. The molecule has 0 aromatic carbocycles. The molecule has 0 bridgehead atoms. The van der Waals surface area contributed by atoms with E-state index < -0.39 is 0 Å². The molecule has 1 N–H and O–H groups in total. The summed E-state index contributed by atoms with van der Waals surface area (Å²) < 4.78 is 1.52. The molecule has 126 valence electrons. The van der Waals surface area contributed by atoms with Gasteiger partial charge in [-0.15, -0.1) is 0 Å². The third kappa shape index (κ3) is 5.57. The first kappa shape index (κ1) is 18.9. The van der Waals surface area contributed by atoms with E-state index in [1.807, 2.05) is 6.92 Å². The van der Waals surface area contributed by atoms with Crippen LogP contribution in [-0.4, -0.2) is 41.1 Å². The van der Waals surface area contributed by atoms with E-state index >= 15 is 0 Å². The average Bonchev–Trinajstić information content (AvgIpc) is 2.77. The van der Waals surface area contributed by atoms with Gasteiger partial charge in [0, 0.05) is 23.7 Å². The molecule has 0 saturated heterocycles. The van der Waals surface area contributed by atoms with Crippen molar-refractivity contribution in [3.8, 4) is 0 Å². The maximum absolute atomic E-state index is 12.1. The lowest BCUT2D eigenvalue weighted by atomic mass is 10.0. The normalized spacial score (nSPS) is 12.9. The molecule has 0 fully saturated rings. The van der Waals surface area contributed by atoms with Gasteiger partial charge in [0.1, 0.15) is 6.54 Å². The van der Waals surface area contributed by atoms with Crippen LogP contribution in [0.3, 0.4) is 0 Å². The molecular formula is C16H29N3O2S. The number of amides is 1. The lowest BCUT2D eigenvalue weighted by molar-refractivity contribution is -0.122. The van der Waals surface area contributed by atoms with Crippen LogP contribution in [0.4, 0.5) is 0 Å². The number of nitrogens with zero attached hydrogens (tertiary/aromatic N) is 2. The molecule has 1 amide bonds. The van der Waals surface area contributed by atoms with Crippen molar-refractivity contribution in [1.29, 1.82) is 0 Å². The van der Waals surface area contributed by atoms with Gasteiger partial charge in [-0.2, -0.15) is 0 Å². The maximum atomic E-state index is 12.1. The zero-order chi connectivity index (χ0) is 16.7. The van der Waals surface area contributed by atoms with Gasteiger partial charge in [0.2, 0.25) is 5.91 Å². The lowest BCUT2D eigenvalue weighted by Gasteiger charge is -2.31. The van der Waals surface area contributed by atoms with Crippen LogP contribution >= 0.6 is 11.3 Å². The Morgan fingerprint density at radius 2 is 2.00 bits per heavy atom. The highest BCUT2D eigenvalue weighted by atomic mass is 32.1. The van der Waals surface area contributed by atoms with E-state index in [9.17, 15) is 9.59 Å². The molecule has 0 spiro atoms. The summed E-state index contributed by atoms with van der Waals surface area (Å²) >= 11 is 1.14. The Kier molecular flexibility index (Phi) is 7.82.